The van der Waals surface area contributed by atoms with Gasteiger partial charge in [0.1, 0.15) is 11.6 Å². The maximum absolute atomic E-state index is 12.5. The van der Waals surface area contributed by atoms with Crippen molar-refractivity contribution in [3.63, 3.8) is 0 Å². The van der Waals surface area contributed by atoms with Gasteiger partial charge in [0.15, 0.2) is 0 Å². The van der Waals surface area contributed by atoms with Gasteiger partial charge in [0, 0.05) is 36.0 Å². The molecule has 2 saturated carbocycles. The van der Waals surface area contributed by atoms with Crippen molar-refractivity contribution in [3.8, 4) is 0 Å². The highest BCUT2D eigenvalue weighted by Crippen LogP contribution is 2.41. The van der Waals surface area contributed by atoms with Crippen LogP contribution in [0.3, 0.4) is 0 Å². The van der Waals surface area contributed by atoms with Crippen molar-refractivity contribution in [1.82, 2.24) is 14.8 Å². The standard InChI is InChI=1S/C24H33ClN4O/c1-17-19(25)7-6-8-20(17)26-23(30)12-11-21-27-28-22(29(21)18-9-10-18)13-16-24(2)14-4-3-5-15-24/h6-8,18H,3-5,9-16H2,1-2H3,(H,26,30). The third-order valence-electron chi connectivity index (χ3n) is 6.88. The Kier molecular flexibility index (Phi) is 6.47. The lowest BCUT2D eigenvalue weighted by molar-refractivity contribution is -0.116. The van der Waals surface area contributed by atoms with Crippen LogP contribution in [0.25, 0.3) is 0 Å². The number of anilines is 1. The van der Waals surface area contributed by atoms with Gasteiger partial charge in [-0.25, -0.2) is 0 Å². The average molecular weight is 429 g/mol. The fraction of sp³-hybridized carbons (Fsp3) is 0.625. The molecule has 0 bridgehead atoms. The zero-order valence-electron chi connectivity index (χ0n) is 18.2. The van der Waals surface area contributed by atoms with E-state index < -0.39 is 0 Å². The van der Waals surface area contributed by atoms with Crippen molar-refractivity contribution < 1.29 is 4.79 Å². The number of carbonyl (C=O) groups excluding carboxylic acids is 1. The summed E-state index contributed by atoms with van der Waals surface area (Å²) in [6, 6.07) is 6.10. The number of nitrogens with one attached hydrogen (secondary N) is 1. The molecule has 6 heteroatoms. The molecule has 1 amide bonds. The van der Waals surface area contributed by atoms with Gasteiger partial charge < -0.3 is 9.88 Å². The van der Waals surface area contributed by atoms with Crippen LogP contribution in [-0.4, -0.2) is 20.7 Å². The summed E-state index contributed by atoms with van der Waals surface area (Å²) in [6.45, 7) is 4.35. The van der Waals surface area contributed by atoms with E-state index >= 15 is 0 Å². The Morgan fingerprint density at radius 1 is 1.17 bits per heavy atom. The van der Waals surface area contributed by atoms with E-state index in [9.17, 15) is 4.79 Å². The second-order valence-corrected chi connectivity index (χ2v) is 9.87. The highest BCUT2D eigenvalue weighted by atomic mass is 35.5. The van der Waals surface area contributed by atoms with Gasteiger partial charge in [0.2, 0.25) is 5.91 Å². The number of hydrogen-bond donors (Lipinski definition) is 1. The Hall–Kier alpha value is -1.88. The summed E-state index contributed by atoms with van der Waals surface area (Å²) in [5.74, 6) is 2.06. The third-order valence-corrected chi connectivity index (χ3v) is 7.29. The van der Waals surface area contributed by atoms with Gasteiger partial charge in [-0.15, -0.1) is 10.2 Å². The van der Waals surface area contributed by atoms with E-state index in [0.29, 0.717) is 29.3 Å². The highest BCUT2D eigenvalue weighted by Gasteiger charge is 2.31. The van der Waals surface area contributed by atoms with E-state index in [-0.39, 0.29) is 5.91 Å². The molecular formula is C24H33ClN4O. The second-order valence-electron chi connectivity index (χ2n) is 9.47. The molecule has 2 aliphatic rings. The van der Waals surface area contributed by atoms with Crippen LogP contribution in [0.5, 0.6) is 0 Å². The quantitative estimate of drug-likeness (QED) is 0.556. The average Bonchev–Trinajstić information content (AvgIpc) is 3.49. The number of hydrogen-bond acceptors (Lipinski definition) is 3. The van der Waals surface area contributed by atoms with Crippen LogP contribution in [0, 0.1) is 12.3 Å². The zero-order valence-corrected chi connectivity index (χ0v) is 19.0. The van der Waals surface area contributed by atoms with Gasteiger partial charge in [-0.1, -0.05) is 43.9 Å². The molecule has 1 aromatic carbocycles. The predicted molar refractivity (Wildman–Crippen MR) is 121 cm³/mol. The summed E-state index contributed by atoms with van der Waals surface area (Å²) >= 11 is 6.16. The van der Waals surface area contributed by atoms with E-state index in [2.05, 4.69) is 27.0 Å². The number of halogens is 1. The van der Waals surface area contributed by atoms with Gasteiger partial charge in [-0.3, -0.25) is 4.79 Å². The van der Waals surface area contributed by atoms with Gasteiger partial charge in [-0.05, 0) is 62.1 Å². The maximum atomic E-state index is 12.5. The molecule has 2 aromatic rings. The van der Waals surface area contributed by atoms with E-state index in [0.717, 1.165) is 29.3 Å². The van der Waals surface area contributed by atoms with Crippen LogP contribution in [0.15, 0.2) is 18.2 Å². The smallest absolute Gasteiger partial charge is 0.224 e. The predicted octanol–water partition coefficient (Wildman–Crippen LogP) is 6.05. The summed E-state index contributed by atoms with van der Waals surface area (Å²) in [6.07, 6.45) is 12.4. The summed E-state index contributed by atoms with van der Waals surface area (Å²) in [5, 5.41) is 12.7. The van der Waals surface area contributed by atoms with Gasteiger partial charge in [-0.2, -0.15) is 0 Å². The third kappa shape index (κ3) is 5.05. The SMILES string of the molecule is Cc1c(Cl)cccc1NC(=O)CCc1nnc(CCC2(C)CCCCC2)n1C1CC1. The van der Waals surface area contributed by atoms with Crippen LogP contribution in [0.1, 0.15) is 88.0 Å². The minimum Gasteiger partial charge on any atom is -0.326 e. The number of benzene rings is 1. The summed E-state index contributed by atoms with van der Waals surface area (Å²) in [4.78, 5) is 12.5. The monoisotopic (exact) mass is 428 g/mol. The van der Waals surface area contributed by atoms with E-state index in [4.69, 9.17) is 11.6 Å². The molecule has 162 valence electrons. The van der Waals surface area contributed by atoms with E-state index in [1.54, 1.807) is 0 Å². The Bertz CT molecular complexity index is 897. The molecule has 30 heavy (non-hydrogen) atoms. The molecule has 1 N–H and O–H groups in total. The maximum Gasteiger partial charge on any atom is 0.224 e. The van der Waals surface area contributed by atoms with Crippen molar-refractivity contribution in [2.75, 3.05) is 5.32 Å². The van der Waals surface area contributed by atoms with Crippen molar-refractivity contribution in [1.29, 1.82) is 0 Å². The normalized spacial score (nSPS) is 18.4. The van der Waals surface area contributed by atoms with Crippen molar-refractivity contribution in [3.05, 3.63) is 40.4 Å². The molecule has 1 aromatic heterocycles. The first-order valence-electron chi connectivity index (χ1n) is 11.4. The van der Waals surface area contributed by atoms with Crippen LogP contribution < -0.4 is 5.32 Å². The van der Waals surface area contributed by atoms with Crippen LogP contribution >= 0.6 is 11.6 Å². The second kappa shape index (κ2) is 9.09. The van der Waals surface area contributed by atoms with Crippen molar-refractivity contribution in [2.45, 2.75) is 90.5 Å². The van der Waals surface area contributed by atoms with Crippen molar-refractivity contribution >= 4 is 23.2 Å². The number of aryl methyl sites for hydroxylation is 2. The first kappa shape index (κ1) is 21.4. The van der Waals surface area contributed by atoms with Gasteiger partial charge in [0.05, 0.1) is 0 Å². The zero-order chi connectivity index (χ0) is 21.1. The topological polar surface area (TPSA) is 59.8 Å². The van der Waals surface area contributed by atoms with Crippen LogP contribution in [0.4, 0.5) is 5.69 Å². The minimum atomic E-state index is -0.0121. The van der Waals surface area contributed by atoms with Gasteiger partial charge in [0.25, 0.3) is 0 Å². The number of carbonyl (C=O) groups is 1. The molecule has 2 aliphatic carbocycles. The number of amides is 1. The fourth-order valence-corrected chi connectivity index (χ4v) is 4.88. The molecule has 5 nitrogen and oxygen atoms in total. The molecule has 0 unspecified atom stereocenters. The van der Waals surface area contributed by atoms with Crippen molar-refractivity contribution in [2.24, 2.45) is 5.41 Å². The lowest BCUT2D eigenvalue weighted by Gasteiger charge is -2.33. The summed E-state index contributed by atoms with van der Waals surface area (Å²) in [5.41, 5.74) is 2.12. The molecule has 0 spiro atoms. The van der Waals surface area contributed by atoms with Crippen LogP contribution in [-0.2, 0) is 17.6 Å². The Balaban J connectivity index is 1.37. The molecule has 0 atom stereocenters. The first-order chi connectivity index (χ1) is 14.5. The largest absolute Gasteiger partial charge is 0.326 e. The lowest BCUT2D eigenvalue weighted by atomic mass is 9.73. The fourth-order valence-electron chi connectivity index (χ4n) is 4.71. The lowest BCUT2D eigenvalue weighted by Crippen LogP contribution is -2.21. The Morgan fingerprint density at radius 2 is 1.87 bits per heavy atom. The molecular weight excluding hydrogens is 396 g/mol. The Morgan fingerprint density at radius 3 is 2.57 bits per heavy atom. The number of rotatable bonds is 8. The number of aromatic nitrogens is 3. The molecule has 0 aliphatic heterocycles. The highest BCUT2D eigenvalue weighted by molar-refractivity contribution is 6.31. The molecule has 0 saturated heterocycles. The Labute approximate surface area is 184 Å². The minimum absolute atomic E-state index is 0.0121. The first-order valence-corrected chi connectivity index (χ1v) is 11.8. The molecule has 1 heterocycles. The summed E-state index contributed by atoms with van der Waals surface area (Å²) < 4.78 is 2.34. The van der Waals surface area contributed by atoms with Gasteiger partial charge >= 0.3 is 0 Å². The number of nitrogens with zero attached hydrogens (tertiary/aromatic N) is 3. The molecule has 0 radical (unpaired) electrons. The van der Waals surface area contributed by atoms with Crippen LogP contribution in [0.2, 0.25) is 5.02 Å². The summed E-state index contributed by atoms with van der Waals surface area (Å²) in [7, 11) is 0. The van der Waals surface area contributed by atoms with E-state index in [1.165, 1.54) is 51.4 Å². The molecule has 4 rings (SSSR count). The molecule has 2 fully saturated rings. The van der Waals surface area contributed by atoms with E-state index in [1.807, 2.05) is 25.1 Å².